The monoisotopic (exact) mass is 292 g/mol. The van der Waals surface area contributed by atoms with E-state index in [9.17, 15) is 4.79 Å². The number of hydrogen-bond donors (Lipinski definition) is 2. The normalized spacial score (nSPS) is 12.1. The van der Waals surface area contributed by atoms with Crippen LogP contribution in [0.15, 0.2) is 30.6 Å². The molecule has 1 heterocycles. The molecule has 0 spiro atoms. The Bertz CT molecular complexity index is 542. The molecule has 20 heavy (non-hydrogen) atoms. The number of aromatic nitrogens is 4. The van der Waals surface area contributed by atoms with E-state index in [1.807, 2.05) is 18.4 Å². The number of carbonyl (C=O) groups excluding carboxylic acids is 1. The number of tetrazole rings is 1. The lowest BCUT2D eigenvalue weighted by molar-refractivity contribution is -0.117. The van der Waals surface area contributed by atoms with Crippen molar-refractivity contribution in [2.45, 2.75) is 12.5 Å². The Morgan fingerprint density at radius 1 is 1.45 bits per heavy atom. The zero-order valence-electron chi connectivity index (χ0n) is 11.1. The minimum atomic E-state index is -0.485. The van der Waals surface area contributed by atoms with Gasteiger partial charge in [0.2, 0.25) is 5.91 Å². The first-order valence-corrected chi connectivity index (χ1v) is 7.49. The van der Waals surface area contributed by atoms with Gasteiger partial charge in [0.15, 0.2) is 0 Å². The summed E-state index contributed by atoms with van der Waals surface area (Å²) < 4.78 is 1.54. The van der Waals surface area contributed by atoms with Gasteiger partial charge < -0.3 is 11.1 Å². The van der Waals surface area contributed by atoms with E-state index in [1.165, 1.54) is 11.0 Å². The van der Waals surface area contributed by atoms with Gasteiger partial charge in [0.1, 0.15) is 6.33 Å². The van der Waals surface area contributed by atoms with Crippen LogP contribution in [0.1, 0.15) is 6.42 Å². The second kappa shape index (κ2) is 7.01. The topological polar surface area (TPSA) is 98.7 Å². The third kappa shape index (κ3) is 3.78. The molecule has 0 fully saturated rings. The molecule has 0 saturated carbocycles. The first-order chi connectivity index (χ1) is 9.70. The molecule has 2 rings (SSSR count). The minimum absolute atomic E-state index is 0.172. The van der Waals surface area contributed by atoms with Crippen molar-refractivity contribution < 1.29 is 4.79 Å². The van der Waals surface area contributed by atoms with E-state index < -0.39 is 6.04 Å². The molecule has 3 N–H and O–H groups in total. The van der Waals surface area contributed by atoms with Gasteiger partial charge in [-0.3, -0.25) is 4.79 Å². The molecule has 0 saturated heterocycles. The quantitative estimate of drug-likeness (QED) is 0.812. The second-order valence-corrected chi connectivity index (χ2v) is 5.16. The van der Waals surface area contributed by atoms with Crippen LogP contribution in [0, 0.1) is 0 Å². The molecule has 1 atom stereocenters. The van der Waals surface area contributed by atoms with Crippen molar-refractivity contribution in [1.29, 1.82) is 0 Å². The van der Waals surface area contributed by atoms with Crippen LogP contribution in [0.4, 0.5) is 5.69 Å². The Morgan fingerprint density at radius 2 is 2.20 bits per heavy atom. The van der Waals surface area contributed by atoms with Gasteiger partial charge in [-0.25, -0.2) is 4.68 Å². The summed E-state index contributed by atoms with van der Waals surface area (Å²) >= 11 is 1.67. The summed E-state index contributed by atoms with van der Waals surface area (Å²) in [5.74, 6) is 0.696. The number of thioether (sulfide) groups is 1. The lowest BCUT2D eigenvalue weighted by Gasteiger charge is -2.11. The van der Waals surface area contributed by atoms with Crippen molar-refractivity contribution in [3.63, 3.8) is 0 Å². The number of amides is 1. The first-order valence-electron chi connectivity index (χ1n) is 6.09. The molecule has 2 aromatic rings. The van der Waals surface area contributed by atoms with Crippen LogP contribution in [0.5, 0.6) is 0 Å². The highest BCUT2D eigenvalue weighted by Crippen LogP contribution is 2.12. The largest absolute Gasteiger partial charge is 0.325 e. The Morgan fingerprint density at radius 3 is 2.80 bits per heavy atom. The highest BCUT2D eigenvalue weighted by atomic mass is 32.2. The summed E-state index contributed by atoms with van der Waals surface area (Å²) in [6.07, 6.45) is 4.16. The zero-order chi connectivity index (χ0) is 14.4. The lowest BCUT2D eigenvalue weighted by Crippen LogP contribution is -2.36. The van der Waals surface area contributed by atoms with Crippen molar-refractivity contribution in [3.05, 3.63) is 30.6 Å². The molecule has 1 amide bonds. The Hall–Kier alpha value is -1.93. The molecule has 7 nitrogen and oxygen atoms in total. The number of nitrogens with zero attached hydrogens (tertiary/aromatic N) is 4. The van der Waals surface area contributed by atoms with Crippen molar-refractivity contribution in [3.8, 4) is 5.69 Å². The summed E-state index contributed by atoms with van der Waals surface area (Å²) in [6.45, 7) is 0. The van der Waals surface area contributed by atoms with E-state index in [2.05, 4.69) is 20.8 Å². The fourth-order valence-electron chi connectivity index (χ4n) is 1.59. The molecule has 1 aromatic heterocycles. The van der Waals surface area contributed by atoms with Gasteiger partial charge in [-0.2, -0.15) is 11.8 Å². The second-order valence-electron chi connectivity index (χ2n) is 4.18. The average molecular weight is 292 g/mol. The van der Waals surface area contributed by atoms with Gasteiger partial charge in [0.25, 0.3) is 0 Å². The SMILES string of the molecule is CSCC[C@H](N)C(=O)Nc1ccc(-n2cnnn2)cc1. The van der Waals surface area contributed by atoms with E-state index in [0.29, 0.717) is 12.1 Å². The van der Waals surface area contributed by atoms with Crippen LogP contribution in [0.3, 0.4) is 0 Å². The molecule has 1 aromatic carbocycles. The molecule has 8 heteroatoms. The summed E-state index contributed by atoms with van der Waals surface area (Å²) in [5.41, 5.74) is 7.32. The van der Waals surface area contributed by atoms with Crippen LogP contribution in [0.2, 0.25) is 0 Å². The number of rotatable bonds is 6. The van der Waals surface area contributed by atoms with E-state index in [1.54, 1.807) is 23.9 Å². The van der Waals surface area contributed by atoms with Gasteiger partial charge in [-0.15, -0.1) is 5.10 Å². The third-order valence-electron chi connectivity index (χ3n) is 2.72. The van der Waals surface area contributed by atoms with Gasteiger partial charge in [0, 0.05) is 5.69 Å². The number of anilines is 1. The summed E-state index contributed by atoms with van der Waals surface area (Å²) in [5, 5.41) is 13.7. The Balaban J connectivity index is 1.95. The average Bonchev–Trinajstić information content (AvgIpc) is 2.99. The van der Waals surface area contributed by atoms with Crippen LogP contribution in [-0.4, -0.2) is 44.2 Å². The number of nitrogens with one attached hydrogen (secondary N) is 1. The van der Waals surface area contributed by atoms with Gasteiger partial charge in [-0.1, -0.05) is 0 Å². The highest BCUT2D eigenvalue weighted by molar-refractivity contribution is 7.98. The lowest BCUT2D eigenvalue weighted by atomic mass is 10.2. The summed E-state index contributed by atoms with van der Waals surface area (Å²) in [7, 11) is 0. The number of hydrogen-bond acceptors (Lipinski definition) is 6. The predicted octanol–water partition coefficient (Wildman–Crippen LogP) is 0.681. The zero-order valence-corrected chi connectivity index (χ0v) is 11.9. The Labute approximate surface area is 120 Å². The molecular formula is C12H16N6OS. The third-order valence-corrected chi connectivity index (χ3v) is 3.36. The molecule has 0 radical (unpaired) electrons. The van der Waals surface area contributed by atoms with E-state index in [0.717, 1.165) is 11.4 Å². The minimum Gasteiger partial charge on any atom is -0.325 e. The first kappa shape index (κ1) is 14.5. The predicted molar refractivity (Wildman–Crippen MR) is 78.8 cm³/mol. The molecule has 0 unspecified atom stereocenters. The van der Waals surface area contributed by atoms with Gasteiger partial charge in [-0.05, 0) is 53.1 Å². The van der Waals surface area contributed by atoms with E-state index in [4.69, 9.17) is 5.73 Å². The number of carbonyl (C=O) groups is 1. The smallest absolute Gasteiger partial charge is 0.241 e. The van der Waals surface area contributed by atoms with E-state index >= 15 is 0 Å². The van der Waals surface area contributed by atoms with Crippen molar-refractivity contribution >= 4 is 23.4 Å². The highest BCUT2D eigenvalue weighted by Gasteiger charge is 2.12. The van der Waals surface area contributed by atoms with Crippen LogP contribution in [-0.2, 0) is 4.79 Å². The molecule has 0 aliphatic heterocycles. The van der Waals surface area contributed by atoms with Crippen LogP contribution in [0.25, 0.3) is 5.69 Å². The van der Waals surface area contributed by atoms with Crippen LogP contribution < -0.4 is 11.1 Å². The van der Waals surface area contributed by atoms with Gasteiger partial charge >= 0.3 is 0 Å². The van der Waals surface area contributed by atoms with Crippen molar-refractivity contribution in [2.24, 2.45) is 5.73 Å². The molecule has 0 bridgehead atoms. The maximum Gasteiger partial charge on any atom is 0.241 e. The molecule has 0 aliphatic carbocycles. The molecular weight excluding hydrogens is 276 g/mol. The van der Waals surface area contributed by atoms with Gasteiger partial charge in [0.05, 0.1) is 11.7 Å². The van der Waals surface area contributed by atoms with Crippen molar-refractivity contribution in [2.75, 3.05) is 17.3 Å². The number of nitrogens with two attached hydrogens (primary N) is 1. The van der Waals surface area contributed by atoms with Crippen LogP contribution >= 0.6 is 11.8 Å². The fourth-order valence-corrected chi connectivity index (χ4v) is 2.08. The Kier molecular flexibility index (Phi) is 5.08. The van der Waals surface area contributed by atoms with Crippen molar-refractivity contribution in [1.82, 2.24) is 20.2 Å². The molecule has 106 valence electrons. The fraction of sp³-hybridized carbons (Fsp3) is 0.333. The summed E-state index contributed by atoms with van der Waals surface area (Å²) in [4.78, 5) is 11.8. The standard InChI is InChI=1S/C12H16N6OS/c1-20-7-6-11(13)12(19)15-9-2-4-10(5-3-9)18-8-14-16-17-18/h2-5,8,11H,6-7,13H2,1H3,(H,15,19)/t11-/m0/s1. The van der Waals surface area contributed by atoms with E-state index in [-0.39, 0.29) is 5.91 Å². The number of benzene rings is 1. The summed E-state index contributed by atoms with van der Waals surface area (Å²) in [6, 6.07) is 6.73. The maximum atomic E-state index is 11.8. The molecule has 0 aliphatic rings. The maximum absolute atomic E-state index is 11.8.